The molecule has 0 saturated carbocycles. The van der Waals surface area contributed by atoms with Gasteiger partial charge in [0, 0.05) is 0 Å². The molecule has 0 aliphatic carbocycles. The van der Waals surface area contributed by atoms with Crippen LogP contribution in [0.2, 0.25) is 0 Å². The third-order valence-corrected chi connectivity index (χ3v) is 3.68. The Morgan fingerprint density at radius 3 is 2.64 bits per heavy atom. The first-order valence-electron chi connectivity index (χ1n) is 6.94. The number of carbonyl (C=O) groups is 1. The predicted molar refractivity (Wildman–Crippen MR) is 83.6 cm³/mol. The number of carbonyl (C=O) groups excluding carboxylic acids is 1. The minimum atomic E-state index is -0.676. The molecule has 0 radical (unpaired) electrons. The van der Waals surface area contributed by atoms with Gasteiger partial charge in [0.1, 0.15) is 12.3 Å². The summed E-state index contributed by atoms with van der Waals surface area (Å²) in [5.74, 6) is -0.475. The standard InChI is InChI=1S/C17H15FN2O2/c1-11-5-3-4-6-13(11)14-7-8-15(16(18)12(14)2)20-17(21)22-10-9-19-20/h3-9H,10H2,1-2H3. The van der Waals surface area contributed by atoms with Gasteiger partial charge in [-0.15, -0.1) is 0 Å². The lowest BCUT2D eigenvalue weighted by molar-refractivity contribution is 0.166. The van der Waals surface area contributed by atoms with Crippen molar-refractivity contribution < 1.29 is 13.9 Å². The van der Waals surface area contributed by atoms with Crippen molar-refractivity contribution in [3.8, 4) is 11.1 Å². The van der Waals surface area contributed by atoms with Gasteiger partial charge in [0.15, 0.2) is 5.82 Å². The minimum Gasteiger partial charge on any atom is -0.442 e. The van der Waals surface area contributed by atoms with Gasteiger partial charge in [-0.3, -0.25) is 0 Å². The van der Waals surface area contributed by atoms with E-state index in [0.717, 1.165) is 21.7 Å². The van der Waals surface area contributed by atoms with E-state index in [1.807, 2.05) is 31.2 Å². The van der Waals surface area contributed by atoms with Crippen molar-refractivity contribution >= 4 is 18.0 Å². The fourth-order valence-corrected chi connectivity index (χ4v) is 2.49. The second kappa shape index (κ2) is 5.60. The molecule has 1 amide bonds. The first-order valence-corrected chi connectivity index (χ1v) is 6.94. The predicted octanol–water partition coefficient (Wildman–Crippen LogP) is 4.05. The number of aryl methyl sites for hydroxylation is 1. The van der Waals surface area contributed by atoms with Crippen LogP contribution in [0.4, 0.5) is 14.9 Å². The second-order valence-electron chi connectivity index (χ2n) is 5.07. The van der Waals surface area contributed by atoms with Crippen molar-refractivity contribution in [1.82, 2.24) is 0 Å². The summed E-state index contributed by atoms with van der Waals surface area (Å²) in [6.45, 7) is 3.78. The van der Waals surface area contributed by atoms with E-state index in [1.54, 1.807) is 19.1 Å². The quantitative estimate of drug-likeness (QED) is 0.839. The highest BCUT2D eigenvalue weighted by molar-refractivity contribution is 5.92. The smallest absolute Gasteiger partial charge is 0.435 e. The van der Waals surface area contributed by atoms with Crippen LogP contribution < -0.4 is 5.01 Å². The van der Waals surface area contributed by atoms with Crippen LogP contribution in [0.15, 0.2) is 41.5 Å². The normalized spacial score (nSPS) is 14.1. The lowest BCUT2D eigenvalue weighted by atomic mass is 9.96. The second-order valence-corrected chi connectivity index (χ2v) is 5.07. The number of halogens is 1. The summed E-state index contributed by atoms with van der Waals surface area (Å²) in [4.78, 5) is 11.7. The number of anilines is 1. The molecular weight excluding hydrogens is 283 g/mol. The number of hydrogen-bond acceptors (Lipinski definition) is 3. The summed E-state index contributed by atoms with van der Waals surface area (Å²) < 4.78 is 19.6. The fourth-order valence-electron chi connectivity index (χ4n) is 2.49. The van der Waals surface area contributed by atoms with Gasteiger partial charge in [-0.2, -0.15) is 10.1 Å². The molecule has 0 aromatic heterocycles. The van der Waals surface area contributed by atoms with Crippen LogP contribution in [0, 0.1) is 19.7 Å². The Kier molecular flexibility index (Phi) is 3.63. The van der Waals surface area contributed by atoms with Crippen LogP contribution in [0.25, 0.3) is 11.1 Å². The molecule has 1 aliphatic rings. The van der Waals surface area contributed by atoms with Crippen molar-refractivity contribution in [2.75, 3.05) is 11.6 Å². The van der Waals surface area contributed by atoms with E-state index in [0.29, 0.717) is 5.56 Å². The topological polar surface area (TPSA) is 41.9 Å². The molecule has 0 N–H and O–H groups in total. The monoisotopic (exact) mass is 298 g/mol. The van der Waals surface area contributed by atoms with Crippen LogP contribution >= 0.6 is 0 Å². The summed E-state index contributed by atoms with van der Waals surface area (Å²) >= 11 is 0. The van der Waals surface area contributed by atoms with E-state index < -0.39 is 11.9 Å². The molecule has 112 valence electrons. The Morgan fingerprint density at radius 1 is 1.14 bits per heavy atom. The van der Waals surface area contributed by atoms with Gasteiger partial charge in [0.05, 0.1) is 6.21 Å². The molecule has 0 bridgehead atoms. The van der Waals surface area contributed by atoms with E-state index in [4.69, 9.17) is 4.74 Å². The molecule has 5 heteroatoms. The molecule has 0 fully saturated rings. The zero-order valence-corrected chi connectivity index (χ0v) is 12.3. The van der Waals surface area contributed by atoms with Gasteiger partial charge in [-0.25, -0.2) is 9.18 Å². The summed E-state index contributed by atoms with van der Waals surface area (Å²) in [5, 5.41) is 4.83. The zero-order chi connectivity index (χ0) is 15.7. The third kappa shape index (κ3) is 2.35. The van der Waals surface area contributed by atoms with E-state index in [2.05, 4.69) is 5.10 Å². The summed E-state index contributed by atoms with van der Waals surface area (Å²) in [5.41, 5.74) is 3.40. The van der Waals surface area contributed by atoms with Crippen molar-refractivity contribution in [3.63, 3.8) is 0 Å². The van der Waals surface area contributed by atoms with E-state index in [9.17, 15) is 9.18 Å². The molecule has 1 heterocycles. The maximum absolute atomic E-state index is 14.7. The molecule has 2 aromatic carbocycles. The number of nitrogens with zero attached hydrogens (tertiary/aromatic N) is 2. The van der Waals surface area contributed by atoms with Gasteiger partial charge in [-0.05, 0) is 42.2 Å². The van der Waals surface area contributed by atoms with Crippen LogP contribution in [0.1, 0.15) is 11.1 Å². The van der Waals surface area contributed by atoms with Crippen molar-refractivity contribution in [3.05, 3.63) is 53.3 Å². The number of hydrogen-bond donors (Lipinski definition) is 0. The van der Waals surface area contributed by atoms with Crippen molar-refractivity contribution in [2.24, 2.45) is 5.10 Å². The number of benzene rings is 2. The highest BCUT2D eigenvalue weighted by atomic mass is 19.1. The Morgan fingerprint density at radius 2 is 1.91 bits per heavy atom. The summed E-state index contributed by atoms with van der Waals surface area (Å²) in [6.07, 6.45) is 0.746. The molecule has 22 heavy (non-hydrogen) atoms. The first kappa shape index (κ1) is 14.3. The van der Waals surface area contributed by atoms with Crippen LogP contribution in [0.3, 0.4) is 0 Å². The molecule has 0 spiro atoms. The third-order valence-electron chi connectivity index (χ3n) is 3.68. The molecule has 0 unspecified atom stereocenters. The van der Waals surface area contributed by atoms with Gasteiger partial charge in [-0.1, -0.05) is 30.3 Å². The number of hydrazone groups is 1. The van der Waals surface area contributed by atoms with Crippen molar-refractivity contribution in [2.45, 2.75) is 13.8 Å². The van der Waals surface area contributed by atoms with E-state index in [-0.39, 0.29) is 12.3 Å². The van der Waals surface area contributed by atoms with E-state index >= 15 is 0 Å². The lowest BCUT2D eigenvalue weighted by Crippen LogP contribution is -2.31. The average Bonchev–Trinajstić information content (AvgIpc) is 2.52. The summed E-state index contributed by atoms with van der Waals surface area (Å²) in [7, 11) is 0. The average molecular weight is 298 g/mol. The van der Waals surface area contributed by atoms with Crippen LogP contribution in [-0.4, -0.2) is 18.9 Å². The Balaban J connectivity index is 2.10. The molecule has 3 rings (SSSR count). The van der Waals surface area contributed by atoms with E-state index in [1.165, 1.54) is 6.21 Å². The van der Waals surface area contributed by atoms with Gasteiger partial charge >= 0.3 is 6.09 Å². The SMILES string of the molecule is Cc1ccccc1-c1ccc(N2N=CCOC2=O)c(F)c1C. The van der Waals surface area contributed by atoms with Gasteiger partial charge in [0.25, 0.3) is 0 Å². The maximum Gasteiger partial charge on any atom is 0.435 e. The Hall–Kier alpha value is -2.69. The van der Waals surface area contributed by atoms with Gasteiger partial charge < -0.3 is 4.74 Å². The zero-order valence-electron chi connectivity index (χ0n) is 12.3. The van der Waals surface area contributed by atoms with Crippen LogP contribution in [-0.2, 0) is 4.74 Å². The molecular formula is C17H15FN2O2. The lowest BCUT2D eigenvalue weighted by Gasteiger charge is -2.21. The highest BCUT2D eigenvalue weighted by Crippen LogP contribution is 2.33. The van der Waals surface area contributed by atoms with Crippen molar-refractivity contribution in [1.29, 1.82) is 0 Å². The number of ether oxygens (including phenoxy) is 1. The number of rotatable bonds is 2. The number of amides is 1. The molecule has 2 aromatic rings. The summed E-state index contributed by atoms with van der Waals surface area (Å²) in [6, 6.07) is 11.1. The largest absolute Gasteiger partial charge is 0.442 e. The van der Waals surface area contributed by atoms with Crippen LogP contribution in [0.5, 0.6) is 0 Å². The molecule has 0 saturated heterocycles. The highest BCUT2D eigenvalue weighted by Gasteiger charge is 2.24. The Labute approximate surface area is 127 Å². The fraction of sp³-hybridized carbons (Fsp3) is 0.176. The molecule has 1 aliphatic heterocycles. The maximum atomic E-state index is 14.7. The first-order chi connectivity index (χ1) is 10.6. The minimum absolute atomic E-state index is 0.0933. The van der Waals surface area contributed by atoms with Gasteiger partial charge in [0.2, 0.25) is 0 Å². The molecule has 0 atom stereocenters. The Bertz CT molecular complexity index is 771. The number of cyclic esters (lactones) is 1. The molecule has 4 nitrogen and oxygen atoms in total.